The Hall–Kier alpha value is -1.99. The lowest BCUT2D eigenvalue weighted by Gasteiger charge is -2.17. The third kappa shape index (κ3) is 5.88. The van der Waals surface area contributed by atoms with E-state index in [0.29, 0.717) is 12.1 Å². The van der Waals surface area contributed by atoms with Crippen molar-refractivity contribution in [1.82, 2.24) is 5.32 Å². The molecule has 0 aliphatic rings. The zero-order valence-electron chi connectivity index (χ0n) is 12.8. The summed E-state index contributed by atoms with van der Waals surface area (Å²) in [6.45, 7) is 4.73. The van der Waals surface area contributed by atoms with Gasteiger partial charge < -0.3 is 15.7 Å². The lowest BCUT2D eigenvalue weighted by Crippen LogP contribution is -2.20. The number of carbonyl (C=O) groups excluding carboxylic acids is 1. The van der Waals surface area contributed by atoms with Gasteiger partial charge in [0, 0.05) is 30.1 Å². The zero-order valence-corrected chi connectivity index (χ0v) is 12.8. The quantitative estimate of drug-likeness (QED) is 0.391. The Labute approximate surface area is 127 Å². The molecule has 0 spiro atoms. The van der Waals surface area contributed by atoms with Crippen molar-refractivity contribution in [3.8, 4) is 18.1 Å². The lowest BCUT2D eigenvalue weighted by atomic mass is 10.1. The molecule has 1 aromatic carbocycles. The average molecular weight is 288 g/mol. The molecule has 21 heavy (non-hydrogen) atoms. The van der Waals surface area contributed by atoms with Crippen LogP contribution in [0.2, 0.25) is 0 Å². The fourth-order valence-electron chi connectivity index (χ4n) is 2.05. The Morgan fingerprint density at radius 1 is 1.48 bits per heavy atom. The molecule has 3 N–H and O–H groups in total. The molecule has 0 saturated heterocycles. The third-order valence-corrected chi connectivity index (χ3v) is 3.20. The molecule has 0 aliphatic carbocycles. The number of hydrogen-bond acceptors (Lipinski definition) is 3. The fraction of sp³-hybridized carbons (Fsp3) is 0.471. The van der Waals surface area contributed by atoms with Crippen molar-refractivity contribution in [2.45, 2.75) is 45.6 Å². The van der Waals surface area contributed by atoms with Gasteiger partial charge >= 0.3 is 0 Å². The molecular weight excluding hydrogens is 264 g/mol. The maximum absolute atomic E-state index is 11.6. The first kappa shape index (κ1) is 17.1. The van der Waals surface area contributed by atoms with Crippen molar-refractivity contribution >= 4 is 11.6 Å². The number of anilines is 1. The minimum atomic E-state index is -0.0104. The van der Waals surface area contributed by atoms with Crippen LogP contribution in [-0.2, 0) is 4.79 Å². The van der Waals surface area contributed by atoms with Gasteiger partial charge in [-0.15, -0.1) is 12.3 Å². The smallest absolute Gasteiger partial charge is 0.224 e. The van der Waals surface area contributed by atoms with E-state index in [1.165, 1.54) is 0 Å². The van der Waals surface area contributed by atoms with E-state index in [1.54, 1.807) is 12.1 Å². The molecule has 0 aliphatic heterocycles. The predicted octanol–water partition coefficient (Wildman–Crippen LogP) is 3.19. The Morgan fingerprint density at radius 2 is 2.24 bits per heavy atom. The summed E-state index contributed by atoms with van der Waals surface area (Å²) in [5.74, 6) is 2.81. The number of benzene rings is 1. The van der Waals surface area contributed by atoms with Crippen LogP contribution >= 0.6 is 0 Å². The van der Waals surface area contributed by atoms with Crippen LogP contribution in [-0.4, -0.2) is 17.6 Å². The van der Waals surface area contributed by atoms with Crippen molar-refractivity contribution in [3.05, 3.63) is 23.8 Å². The molecule has 1 atom stereocenters. The minimum Gasteiger partial charge on any atom is -0.508 e. The van der Waals surface area contributed by atoms with Crippen molar-refractivity contribution in [2.24, 2.45) is 0 Å². The van der Waals surface area contributed by atoms with E-state index in [2.05, 4.69) is 16.6 Å². The Balaban J connectivity index is 2.68. The molecule has 114 valence electrons. The lowest BCUT2D eigenvalue weighted by molar-refractivity contribution is -0.116. The van der Waals surface area contributed by atoms with Gasteiger partial charge in [0.2, 0.25) is 5.91 Å². The molecular formula is C17H24N2O2. The van der Waals surface area contributed by atoms with Gasteiger partial charge in [-0.1, -0.05) is 6.92 Å². The summed E-state index contributed by atoms with van der Waals surface area (Å²) in [5.41, 5.74) is 1.48. The number of carbonyl (C=O) groups is 1. The largest absolute Gasteiger partial charge is 0.508 e. The van der Waals surface area contributed by atoms with Crippen LogP contribution in [0.5, 0.6) is 5.75 Å². The average Bonchev–Trinajstić information content (AvgIpc) is 2.45. The molecule has 0 saturated carbocycles. The molecule has 0 fully saturated rings. The van der Waals surface area contributed by atoms with E-state index < -0.39 is 0 Å². The highest BCUT2D eigenvalue weighted by Gasteiger charge is 2.11. The van der Waals surface area contributed by atoms with Crippen LogP contribution in [0.4, 0.5) is 5.69 Å². The highest BCUT2D eigenvalue weighted by Crippen LogP contribution is 2.27. The molecule has 0 bridgehead atoms. The van der Waals surface area contributed by atoms with Crippen LogP contribution in [0.1, 0.15) is 51.1 Å². The number of phenols is 1. The first-order valence-corrected chi connectivity index (χ1v) is 7.38. The Bertz CT molecular complexity index is 506. The van der Waals surface area contributed by atoms with Gasteiger partial charge in [-0.05, 0) is 44.5 Å². The summed E-state index contributed by atoms with van der Waals surface area (Å²) in [5, 5.41) is 16.1. The van der Waals surface area contributed by atoms with E-state index in [0.717, 1.165) is 31.4 Å². The predicted molar refractivity (Wildman–Crippen MR) is 86.1 cm³/mol. The van der Waals surface area contributed by atoms with Gasteiger partial charge in [-0.3, -0.25) is 4.79 Å². The van der Waals surface area contributed by atoms with Crippen molar-refractivity contribution in [1.29, 1.82) is 0 Å². The summed E-state index contributed by atoms with van der Waals surface area (Å²) >= 11 is 0. The Kier molecular flexibility index (Phi) is 7.34. The number of unbranched alkanes of at least 4 members (excludes halogenated alkanes) is 1. The van der Waals surface area contributed by atoms with E-state index in [4.69, 9.17) is 6.42 Å². The van der Waals surface area contributed by atoms with Crippen LogP contribution in [0.3, 0.4) is 0 Å². The van der Waals surface area contributed by atoms with E-state index in [9.17, 15) is 9.90 Å². The highest BCUT2D eigenvalue weighted by molar-refractivity contribution is 5.90. The summed E-state index contributed by atoms with van der Waals surface area (Å²) in [6.07, 6.45) is 8.15. The Morgan fingerprint density at radius 3 is 2.90 bits per heavy atom. The van der Waals surface area contributed by atoms with Gasteiger partial charge in [0.1, 0.15) is 5.75 Å². The topological polar surface area (TPSA) is 61.4 Å². The van der Waals surface area contributed by atoms with Crippen LogP contribution in [0, 0.1) is 12.3 Å². The molecule has 4 nitrogen and oxygen atoms in total. The third-order valence-electron chi connectivity index (χ3n) is 3.20. The molecule has 1 rings (SSSR count). The number of phenolic OH excluding ortho intramolecular Hbond substituents is 1. The fourth-order valence-corrected chi connectivity index (χ4v) is 2.05. The number of terminal acetylenes is 1. The van der Waals surface area contributed by atoms with Crippen molar-refractivity contribution < 1.29 is 9.90 Å². The SMILES string of the molecule is C#CCCCNC(C)c1cc(NC(=O)CCC)ccc1O. The number of rotatable bonds is 8. The van der Waals surface area contributed by atoms with Crippen LogP contribution in [0.15, 0.2) is 18.2 Å². The monoisotopic (exact) mass is 288 g/mol. The maximum Gasteiger partial charge on any atom is 0.224 e. The minimum absolute atomic E-state index is 0.00852. The number of amides is 1. The molecule has 0 aromatic heterocycles. The summed E-state index contributed by atoms with van der Waals surface area (Å²) < 4.78 is 0. The normalized spacial score (nSPS) is 11.7. The second-order valence-electron chi connectivity index (χ2n) is 5.06. The molecule has 1 unspecified atom stereocenters. The van der Waals surface area contributed by atoms with Crippen molar-refractivity contribution in [3.63, 3.8) is 0 Å². The molecule has 0 radical (unpaired) electrons. The van der Waals surface area contributed by atoms with Gasteiger partial charge in [-0.2, -0.15) is 0 Å². The summed E-state index contributed by atoms with van der Waals surface area (Å²) in [4.78, 5) is 11.6. The van der Waals surface area contributed by atoms with Crippen LogP contribution < -0.4 is 10.6 Å². The van der Waals surface area contributed by atoms with E-state index in [1.807, 2.05) is 19.9 Å². The maximum atomic E-state index is 11.6. The summed E-state index contributed by atoms with van der Waals surface area (Å²) in [6, 6.07) is 5.11. The highest BCUT2D eigenvalue weighted by atomic mass is 16.3. The zero-order chi connectivity index (χ0) is 15.7. The molecule has 0 heterocycles. The van der Waals surface area contributed by atoms with Gasteiger partial charge in [-0.25, -0.2) is 0 Å². The van der Waals surface area contributed by atoms with E-state index >= 15 is 0 Å². The molecule has 1 amide bonds. The van der Waals surface area contributed by atoms with Gasteiger partial charge in [0.25, 0.3) is 0 Å². The van der Waals surface area contributed by atoms with Crippen molar-refractivity contribution in [2.75, 3.05) is 11.9 Å². The number of aromatic hydroxyl groups is 1. The van der Waals surface area contributed by atoms with Crippen LogP contribution in [0.25, 0.3) is 0 Å². The molecule has 1 aromatic rings. The standard InChI is InChI=1S/C17H24N2O2/c1-4-6-7-11-18-13(3)15-12-14(9-10-16(15)20)19-17(21)8-5-2/h1,9-10,12-13,18,20H,5-8,11H2,2-3H3,(H,19,21). The summed E-state index contributed by atoms with van der Waals surface area (Å²) in [7, 11) is 0. The first-order chi connectivity index (χ1) is 10.1. The van der Waals surface area contributed by atoms with Gasteiger partial charge in [0.15, 0.2) is 0 Å². The number of nitrogens with one attached hydrogen (secondary N) is 2. The second kappa shape index (κ2) is 9.04. The van der Waals surface area contributed by atoms with E-state index in [-0.39, 0.29) is 17.7 Å². The van der Waals surface area contributed by atoms with Gasteiger partial charge in [0.05, 0.1) is 0 Å². The molecule has 4 heteroatoms. The second-order valence-corrected chi connectivity index (χ2v) is 5.06. The number of hydrogen-bond donors (Lipinski definition) is 3. The first-order valence-electron chi connectivity index (χ1n) is 7.38.